The number of ether oxygens (including phenoxy) is 1. The normalized spacial score (nSPS) is 12.8. The molecule has 0 spiro atoms. The molecule has 0 heterocycles. The standard InChI is InChI=1S/C31H52N4O5/c1-8-10-12-13-15-20-35(29(38)24(21-25(32)36)34-30(39)40-31(5,6)7)27(28(37)33-19-14-11-9-2)26-22(3)17-16-18-23(26)4/h16-18,24,27H,8-15,19-21H2,1-7H3,(H2,32,36)(H,33,37)(H,34,39). The Hall–Kier alpha value is -3.10. The zero-order chi connectivity index (χ0) is 30.3. The van der Waals surface area contributed by atoms with Gasteiger partial charge in [0.1, 0.15) is 17.7 Å². The molecule has 9 nitrogen and oxygen atoms in total. The lowest BCUT2D eigenvalue weighted by Crippen LogP contribution is -2.54. The van der Waals surface area contributed by atoms with Crippen LogP contribution in [0.5, 0.6) is 0 Å². The molecule has 4 amide bonds. The molecule has 0 aliphatic carbocycles. The average molecular weight is 561 g/mol. The van der Waals surface area contributed by atoms with Crippen LogP contribution in [0.1, 0.15) is 115 Å². The molecule has 2 unspecified atom stereocenters. The molecule has 1 aromatic rings. The van der Waals surface area contributed by atoms with E-state index in [0.29, 0.717) is 13.0 Å². The summed E-state index contributed by atoms with van der Waals surface area (Å²) in [5, 5.41) is 5.58. The first-order chi connectivity index (χ1) is 18.8. The lowest BCUT2D eigenvalue weighted by Gasteiger charge is -2.35. The average Bonchev–Trinajstić information content (AvgIpc) is 2.84. The molecule has 0 saturated carbocycles. The lowest BCUT2D eigenvalue weighted by atomic mass is 9.93. The summed E-state index contributed by atoms with van der Waals surface area (Å²) in [6.45, 7) is 14.0. The van der Waals surface area contributed by atoms with E-state index in [1.165, 1.54) is 4.90 Å². The third kappa shape index (κ3) is 12.4. The largest absolute Gasteiger partial charge is 0.444 e. The van der Waals surface area contributed by atoms with Crippen molar-refractivity contribution >= 4 is 23.8 Å². The van der Waals surface area contributed by atoms with E-state index in [9.17, 15) is 19.2 Å². The first-order valence-corrected chi connectivity index (χ1v) is 14.7. The van der Waals surface area contributed by atoms with E-state index < -0.39 is 42.0 Å². The number of nitrogens with one attached hydrogen (secondary N) is 2. The second-order valence-electron chi connectivity index (χ2n) is 11.5. The first-order valence-electron chi connectivity index (χ1n) is 14.7. The van der Waals surface area contributed by atoms with Gasteiger partial charge >= 0.3 is 6.09 Å². The van der Waals surface area contributed by atoms with Gasteiger partial charge in [-0.2, -0.15) is 0 Å². The van der Waals surface area contributed by atoms with Gasteiger partial charge in [-0.25, -0.2) is 4.79 Å². The highest BCUT2D eigenvalue weighted by Gasteiger charge is 2.37. The number of nitrogens with two attached hydrogens (primary N) is 1. The van der Waals surface area contributed by atoms with Gasteiger partial charge in [0.2, 0.25) is 17.7 Å². The Kier molecular flexibility index (Phi) is 15.3. The summed E-state index contributed by atoms with van der Waals surface area (Å²) in [6.07, 6.45) is 6.31. The van der Waals surface area contributed by atoms with Crippen LogP contribution in [0.25, 0.3) is 0 Å². The van der Waals surface area contributed by atoms with E-state index >= 15 is 0 Å². The van der Waals surface area contributed by atoms with Gasteiger partial charge in [-0.3, -0.25) is 14.4 Å². The number of benzene rings is 1. The minimum Gasteiger partial charge on any atom is -0.444 e. The highest BCUT2D eigenvalue weighted by atomic mass is 16.6. The fraction of sp³-hybridized carbons (Fsp3) is 0.677. The van der Waals surface area contributed by atoms with Gasteiger partial charge in [-0.15, -0.1) is 0 Å². The maximum Gasteiger partial charge on any atom is 0.408 e. The van der Waals surface area contributed by atoms with Gasteiger partial charge in [-0.1, -0.05) is 70.6 Å². The number of alkyl carbamates (subject to hydrolysis) is 1. The zero-order valence-electron chi connectivity index (χ0n) is 25.7. The third-order valence-electron chi connectivity index (χ3n) is 6.64. The van der Waals surface area contributed by atoms with Crippen LogP contribution in [0.4, 0.5) is 4.79 Å². The van der Waals surface area contributed by atoms with Crippen molar-refractivity contribution in [3.05, 3.63) is 34.9 Å². The molecular weight excluding hydrogens is 508 g/mol. The summed E-state index contributed by atoms with van der Waals surface area (Å²) in [5.74, 6) is -1.58. The summed E-state index contributed by atoms with van der Waals surface area (Å²) in [6, 6.07) is 3.55. The second-order valence-corrected chi connectivity index (χ2v) is 11.5. The zero-order valence-corrected chi connectivity index (χ0v) is 25.7. The molecule has 40 heavy (non-hydrogen) atoms. The molecule has 4 N–H and O–H groups in total. The maximum atomic E-state index is 14.2. The van der Waals surface area contributed by atoms with Gasteiger partial charge in [0.25, 0.3) is 0 Å². The molecule has 226 valence electrons. The SMILES string of the molecule is CCCCCCCN(C(=O)C(CC(N)=O)NC(=O)OC(C)(C)C)C(C(=O)NCCCCC)c1c(C)cccc1C. The molecule has 0 aliphatic rings. The number of unbranched alkanes of at least 4 members (excludes halogenated alkanes) is 6. The topological polar surface area (TPSA) is 131 Å². The first kappa shape index (κ1) is 34.9. The van der Waals surface area contributed by atoms with Crippen LogP contribution in [0.2, 0.25) is 0 Å². The molecule has 9 heteroatoms. The number of rotatable bonds is 17. The minimum atomic E-state index is -1.28. The van der Waals surface area contributed by atoms with E-state index in [1.54, 1.807) is 20.8 Å². The van der Waals surface area contributed by atoms with E-state index in [0.717, 1.165) is 61.6 Å². The summed E-state index contributed by atoms with van der Waals surface area (Å²) in [7, 11) is 0. The Morgan fingerprint density at radius 3 is 2.05 bits per heavy atom. The molecule has 0 fully saturated rings. The van der Waals surface area contributed by atoms with Crippen molar-refractivity contribution in [3.63, 3.8) is 0 Å². The van der Waals surface area contributed by atoms with Crippen molar-refractivity contribution in [1.29, 1.82) is 0 Å². The van der Waals surface area contributed by atoms with Crippen LogP contribution in [0.3, 0.4) is 0 Å². The van der Waals surface area contributed by atoms with Gasteiger partial charge < -0.3 is 26.0 Å². The number of hydrogen-bond donors (Lipinski definition) is 3. The van der Waals surface area contributed by atoms with Crippen LogP contribution in [0.15, 0.2) is 18.2 Å². The van der Waals surface area contributed by atoms with Gasteiger partial charge in [0.15, 0.2) is 0 Å². The van der Waals surface area contributed by atoms with E-state index in [1.807, 2.05) is 32.0 Å². The maximum absolute atomic E-state index is 14.2. The highest BCUT2D eigenvalue weighted by Crippen LogP contribution is 2.29. The monoisotopic (exact) mass is 560 g/mol. The number of carbonyl (C=O) groups excluding carboxylic acids is 4. The van der Waals surface area contributed by atoms with Gasteiger partial charge in [0.05, 0.1) is 6.42 Å². The molecule has 2 atom stereocenters. The molecule has 0 aliphatic heterocycles. The lowest BCUT2D eigenvalue weighted by molar-refractivity contribution is -0.143. The van der Waals surface area contributed by atoms with E-state index in [-0.39, 0.29) is 12.5 Å². The highest BCUT2D eigenvalue weighted by molar-refractivity contribution is 5.94. The van der Waals surface area contributed by atoms with Crippen molar-refractivity contribution in [2.75, 3.05) is 13.1 Å². The van der Waals surface area contributed by atoms with Crippen LogP contribution in [0, 0.1) is 13.8 Å². The predicted molar refractivity (Wildman–Crippen MR) is 159 cm³/mol. The Bertz CT molecular complexity index is 953. The fourth-order valence-corrected chi connectivity index (χ4v) is 4.67. The molecule has 0 saturated heterocycles. The van der Waals surface area contributed by atoms with Crippen molar-refractivity contribution in [1.82, 2.24) is 15.5 Å². The van der Waals surface area contributed by atoms with Crippen LogP contribution in [-0.4, -0.2) is 53.4 Å². The Balaban J connectivity index is 3.53. The smallest absolute Gasteiger partial charge is 0.408 e. The summed E-state index contributed by atoms with van der Waals surface area (Å²) in [5.41, 5.74) is 7.20. The quantitative estimate of drug-likeness (QED) is 0.225. The van der Waals surface area contributed by atoms with Crippen molar-refractivity contribution in [2.45, 2.75) is 124 Å². The van der Waals surface area contributed by atoms with E-state index in [4.69, 9.17) is 10.5 Å². The van der Waals surface area contributed by atoms with Crippen LogP contribution < -0.4 is 16.4 Å². The molecule has 0 radical (unpaired) electrons. The summed E-state index contributed by atoms with van der Waals surface area (Å²) < 4.78 is 5.36. The molecule has 0 bridgehead atoms. The second kappa shape index (κ2) is 17.6. The van der Waals surface area contributed by atoms with Gasteiger partial charge in [0, 0.05) is 13.1 Å². The van der Waals surface area contributed by atoms with Gasteiger partial charge in [-0.05, 0) is 64.2 Å². The summed E-state index contributed by atoms with van der Waals surface area (Å²) >= 11 is 0. The number of amides is 4. The fourth-order valence-electron chi connectivity index (χ4n) is 4.67. The minimum absolute atomic E-state index is 0.286. The summed E-state index contributed by atoms with van der Waals surface area (Å²) in [4.78, 5) is 54.2. The number of nitrogens with zero attached hydrogens (tertiary/aromatic N) is 1. The third-order valence-corrected chi connectivity index (χ3v) is 6.64. The molecule has 1 aromatic carbocycles. The number of aryl methyl sites for hydroxylation is 2. The number of primary amides is 1. The predicted octanol–water partition coefficient (Wildman–Crippen LogP) is 5.22. The molecule has 1 rings (SSSR count). The Labute approximate surface area is 241 Å². The number of hydrogen-bond acceptors (Lipinski definition) is 5. The molecule has 0 aromatic heterocycles. The van der Waals surface area contributed by atoms with Crippen LogP contribution in [-0.2, 0) is 19.1 Å². The Morgan fingerprint density at radius 1 is 0.925 bits per heavy atom. The molecular formula is C31H52N4O5. The van der Waals surface area contributed by atoms with E-state index in [2.05, 4.69) is 24.5 Å². The van der Waals surface area contributed by atoms with Crippen LogP contribution >= 0.6 is 0 Å². The number of carbonyl (C=O) groups is 4. The van der Waals surface area contributed by atoms with Crippen molar-refractivity contribution in [3.8, 4) is 0 Å². The van der Waals surface area contributed by atoms with Crippen molar-refractivity contribution in [2.24, 2.45) is 5.73 Å². The van der Waals surface area contributed by atoms with Crippen molar-refractivity contribution < 1.29 is 23.9 Å². The Morgan fingerprint density at radius 2 is 1.50 bits per heavy atom.